The van der Waals surface area contributed by atoms with E-state index in [2.05, 4.69) is 25.2 Å². The van der Waals surface area contributed by atoms with E-state index in [1.807, 2.05) is 0 Å². The van der Waals surface area contributed by atoms with Crippen molar-refractivity contribution < 1.29 is 4.79 Å². The van der Waals surface area contributed by atoms with E-state index < -0.39 is 0 Å². The van der Waals surface area contributed by atoms with Gasteiger partial charge in [-0.3, -0.25) is 4.79 Å². The first-order valence-electron chi connectivity index (χ1n) is 7.65. The van der Waals surface area contributed by atoms with E-state index in [4.69, 9.17) is 5.73 Å². The zero-order valence-corrected chi connectivity index (χ0v) is 13.6. The highest BCUT2D eigenvalue weighted by molar-refractivity contribution is 7.16. The van der Waals surface area contributed by atoms with Gasteiger partial charge in [0.15, 0.2) is 0 Å². The van der Waals surface area contributed by atoms with Crippen LogP contribution in [-0.4, -0.2) is 11.9 Å². The molecule has 0 saturated carbocycles. The van der Waals surface area contributed by atoms with Crippen LogP contribution in [0.5, 0.6) is 0 Å². The molecular formula is C16H23N3OS. The Morgan fingerprint density at radius 2 is 2.38 bits per heavy atom. The number of nitriles is 1. The van der Waals surface area contributed by atoms with Gasteiger partial charge in [-0.1, -0.05) is 20.3 Å². The maximum Gasteiger partial charge on any atom is 0.226 e. The fourth-order valence-electron chi connectivity index (χ4n) is 2.85. The van der Waals surface area contributed by atoms with Crippen molar-refractivity contribution in [2.45, 2.75) is 58.4 Å². The van der Waals surface area contributed by atoms with Crippen LogP contribution in [0.2, 0.25) is 0 Å². The predicted molar refractivity (Wildman–Crippen MR) is 86.4 cm³/mol. The highest BCUT2D eigenvalue weighted by Crippen LogP contribution is 2.39. The summed E-state index contributed by atoms with van der Waals surface area (Å²) in [4.78, 5) is 13.3. The fourth-order valence-corrected chi connectivity index (χ4v) is 4.22. The average Bonchev–Trinajstić information content (AvgIpc) is 2.74. The zero-order valence-electron chi connectivity index (χ0n) is 12.7. The molecule has 0 fully saturated rings. The van der Waals surface area contributed by atoms with E-state index in [0.29, 0.717) is 22.9 Å². The average molecular weight is 305 g/mol. The molecule has 2 unspecified atom stereocenters. The van der Waals surface area contributed by atoms with Crippen LogP contribution < -0.4 is 11.1 Å². The lowest BCUT2D eigenvalue weighted by molar-refractivity contribution is -0.116. The summed E-state index contributed by atoms with van der Waals surface area (Å²) < 4.78 is 0. The van der Waals surface area contributed by atoms with Crippen molar-refractivity contribution in [3.05, 3.63) is 16.0 Å². The molecule has 114 valence electrons. The van der Waals surface area contributed by atoms with Crippen molar-refractivity contribution in [1.82, 2.24) is 0 Å². The van der Waals surface area contributed by atoms with Crippen LogP contribution in [0, 0.1) is 17.2 Å². The molecule has 5 heteroatoms. The number of anilines is 1. The number of carbonyl (C=O) groups is 1. The topological polar surface area (TPSA) is 78.9 Å². The molecule has 1 aliphatic carbocycles. The summed E-state index contributed by atoms with van der Waals surface area (Å²) in [6.45, 7) is 4.29. The second kappa shape index (κ2) is 7.06. The summed E-state index contributed by atoms with van der Waals surface area (Å²) >= 11 is 1.56. The number of hydrogen-bond donors (Lipinski definition) is 2. The van der Waals surface area contributed by atoms with E-state index in [1.165, 1.54) is 4.88 Å². The monoisotopic (exact) mass is 305 g/mol. The number of carbonyl (C=O) groups excluding carboxylic acids is 1. The number of nitrogens with zero attached hydrogens (tertiary/aromatic N) is 1. The van der Waals surface area contributed by atoms with E-state index in [1.54, 1.807) is 11.3 Å². The van der Waals surface area contributed by atoms with Gasteiger partial charge >= 0.3 is 0 Å². The van der Waals surface area contributed by atoms with Crippen molar-refractivity contribution in [1.29, 1.82) is 5.26 Å². The summed E-state index contributed by atoms with van der Waals surface area (Å²) in [5, 5.41) is 13.0. The highest BCUT2D eigenvalue weighted by atomic mass is 32.1. The van der Waals surface area contributed by atoms with Crippen molar-refractivity contribution in [2.75, 3.05) is 5.32 Å². The van der Waals surface area contributed by atoms with Crippen LogP contribution in [-0.2, 0) is 17.6 Å². The zero-order chi connectivity index (χ0) is 15.4. The summed E-state index contributed by atoms with van der Waals surface area (Å²) in [5.41, 5.74) is 7.72. The molecule has 2 atom stereocenters. The number of hydrogen-bond acceptors (Lipinski definition) is 4. The number of thiophene rings is 1. The van der Waals surface area contributed by atoms with Crippen LogP contribution in [0.15, 0.2) is 0 Å². The lowest BCUT2D eigenvalue weighted by atomic mass is 9.88. The van der Waals surface area contributed by atoms with Gasteiger partial charge in [0.05, 0.1) is 5.56 Å². The number of nitrogens with one attached hydrogen (secondary N) is 1. The van der Waals surface area contributed by atoms with Gasteiger partial charge in [0.2, 0.25) is 5.91 Å². The Morgan fingerprint density at radius 3 is 3.05 bits per heavy atom. The van der Waals surface area contributed by atoms with E-state index in [-0.39, 0.29) is 11.9 Å². The highest BCUT2D eigenvalue weighted by Gasteiger charge is 2.24. The molecule has 4 nitrogen and oxygen atoms in total. The summed E-state index contributed by atoms with van der Waals surface area (Å²) in [6, 6.07) is 2.17. The minimum absolute atomic E-state index is 0.0842. The minimum Gasteiger partial charge on any atom is -0.327 e. The molecule has 0 radical (unpaired) electrons. The summed E-state index contributed by atoms with van der Waals surface area (Å²) in [5.74, 6) is 0.573. The van der Waals surface area contributed by atoms with E-state index >= 15 is 0 Å². The molecule has 0 saturated heterocycles. The molecule has 21 heavy (non-hydrogen) atoms. The van der Waals surface area contributed by atoms with Gasteiger partial charge in [-0.2, -0.15) is 5.26 Å². The van der Waals surface area contributed by atoms with Gasteiger partial charge in [-0.05, 0) is 37.2 Å². The van der Waals surface area contributed by atoms with Crippen LogP contribution in [0.3, 0.4) is 0 Å². The fraction of sp³-hybridized carbons (Fsp3) is 0.625. The smallest absolute Gasteiger partial charge is 0.226 e. The van der Waals surface area contributed by atoms with Gasteiger partial charge in [-0.15, -0.1) is 11.3 Å². The number of amides is 1. The molecule has 0 bridgehead atoms. The molecule has 1 heterocycles. The van der Waals surface area contributed by atoms with Crippen LogP contribution >= 0.6 is 11.3 Å². The van der Waals surface area contributed by atoms with Crippen molar-refractivity contribution in [3.63, 3.8) is 0 Å². The Bertz CT molecular complexity index is 559. The molecule has 1 aromatic heterocycles. The molecular weight excluding hydrogens is 282 g/mol. The van der Waals surface area contributed by atoms with Crippen LogP contribution in [0.25, 0.3) is 0 Å². The molecule has 3 N–H and O–H groups in total. The first-order valence-corrected chi connectivity index (χ1v) is 8.46. The Hall–Kier alpha value is -1.38. The second-order valence-electron chi connectivity index (χ2n) is 5.97. The SMILES string of the molecule is CCCC(N)CC(=O)Nc1sc2c(c1C#N)CCC(C)C2. The minimum atomic E-state index is -0.102. The number of rotatable bonds is 5. The molecule has 1 aromatic rings. The van der Waals surface area contributed by atoms with Crippen LogP contribution in [0.4, 0.5) is 5.00 Å². The lowest BCUT2D eigenvalue weighted by Crippen LogP contribution is -2.26. The quantitative estimate of drug-likeness (QED) is 0.876. The van der Waals surface area contributed by atoms with Crippen molar-refractivity contribution in [2.24, 2.45) is 11.7 Å². The third-order valence-corrected chi connectivity index (χ3v) is 5.15. The summed E-state index contributed by atoms with van der Waals surface area (Å²) in [6.07, 6.45) is 5.21. The largest absolute Gasteiger partial charge is 0.327 e. The maximum atomic E-state index is 12.0. The number of fused-ring (bicyclic) bond motifs is 1. The normalized spacial score (nSPS) is 18.7. The number of nitrogens with two attached hydrogens (primary N) is 1. The van der Waals surface area contributed by atoms with Gasteiger partial charge in [0, 0.05) is 17.3 Å². The Labute approximate surface area is 130 Å². The summed E-state index contributed by atoms with van der Waals surface area (Å²) in [7, 11) is 0. The molecule has 0 spiro atoms. The lowest BCUT2D eigenvalue weighted by Gasteiger charge is -2.17. The van der Waals surface area contributed by atoms with E-state index in [0.717, 1.165) is 37.7 Å². The van der Waals surface area contributed by atoms with Gasteiger partial charge in [0.25, 0.3) is 0 Å². The molecule has 1 aliphatic rings. The first-order chi connectivity index (χ1) is 10.0. The van der Waals surface area contributed by atoms with Gasteiger partial charge in [0.1, 0.15) is 11.1 Å². The van der Waals surface area contributed by atoms with Crippen molar-refractivity contribution >= 4 is 22.2 Å². The van der Waals surface area contributed by atoms with E-state index in [9.17, 15) is 10.1 Å². The predicted octanol–water partition coefficient (Wildman–Crippen LogP) is 3.20. The maximum absolute atomic E-state index is 12.0. The Morgan fingerprint density at radius 1 is 1.62 bits per heavy atom. The first kappa shape index (κ1) is 16.0. The Balaban J connectivity index is 2.10. The molecule has 1 amide bonds. The second-order valence-corrected chi connectivity index (χ2v) is 7.07. The molecule has 2 rings (SSSR count). The van der Waals surface area contributed by atoms with Crippen molar-refractivity contribution in [3.8, 4) is 6.07 Å². The van der Waals surface area contributed by atoms with Crippen LogP contribution in [0.1, 0.15) is 55.5 Å². The standard InChI is InChI=1S/C16H23N3OS/c1-3-4-11(18)8-15(20)19-16-13(9-17)12-6-5-10(2)7-14(12)21-16/h10-11H,3-8,18H2,1-2H3,(H,19,20). The third-order valence-electron chi connectivity index (χ3n) is 3.98. The third kappa shape index (κ3) is 3.84. The van der Waals surface area contributed by atoms with Gasteiger partial charge in [-0.25, -0.2) is 0 Å². The molecule has 0 aliphatic heterocycles. The Kier molecular flexibility index (Phi) is 5.38. The molecule has 0 aromatic carbocycles. The van der Waals surface area contributed by atoms with Gasteiger partial charge < -0.3 is 11.1 Å².